The summed E-state index contributed by atoms with van der Waals surface area (Å²) in [7, 11) is 1.01. The number of halogens is 3. The van der Waals surface area contributed by atoms with Crippen LogP contribution in [0.15, 0.2) is 30.3 Å². The average molecular weight is 373 g/mol. The molecule has 4 atom stereocenters. The number of methoxy groups -OCH3 is 1. The molecule has 5 nitrogen and oxygen atoms in total. The van der Waals surface area contributed by atoms with Gasteiger partial charge in [0.1, 0.15) is 11.6 Å². The molecule has 0 bridgehead atoms. The third-order valence-corrected chi connectivity index (χ3v) is 4.13. The van der Waals surface area contributed by atoms with E-state index in [0.29, 0.717) is 5.56 Å². The fourth-order valence-electron chi connectivity index (χ4n) is 3.17. The molecule has 0 spiro atoms. The second-order valence-corrected chi connectivity index (χ2v) is 7.18. The standard InChI is InChI=1S/C18H22F3NO4/c1-17(2,3)26-15(23)11-12(18(19,20)21)14(16(24)25-4)22-13(11)10-8-6-5-7-9-10/h5-9,11-14,22H,1-4H3/t11-,12-,13-,14-/m1/s1. The third kappa shape index (κ3) is 4.35. The summed E-state index contributed by atoms with van der Waals surface area (Å²) >= 11 is 0. The number of ether oxygens (including phenoxy) is 2. The fraction of sp³-hybridized carbons (Fsp3) is 0.556. The number of hydrogen-bond donors (Lipinski definition) is 1. The minimum absolute atomic E-state index is 0.462. The summed E-state index contributed by atoms with van der Waals surface area (Å²) in [6.07, 6.45) is -4.79. The minimum Gasteiger partial charge on any atom is -0.468 e. The van der Waals surface area contributed by atoms with E-state index in [1.807, 2.05) is 0 Å². The summed E-state index contributed by atoms with van der Waals surface area (Å²) in [6.45, 7) is 4.72. The van der Waals surface area contributed by atoms with Crippen LogP contribution in [0.5, 0.6) is 0 Å². The van der Waals surface area contributed by atoms with Gasteiger partial charge in [-0.3, -0.25) is 14.9 Å². The lowest BCUT2D eigenvalue weighted by atomic mass is 9.83. The Morgan fingerprint density at radius 2 is 1.62 bits per heavy atom. The normalized spacial score (nSPS) is 26.4. The van der Waals surface area contributed by atoms with Gasteiger partial charge >= 0.3 is 18.1 Å². The van der Waals surface area contributed by atoms with Crippen molar-refractivity contribution in [3.8, 4) is 0 Å². The lowest BCUT2D eigenvalue weighted by molar-refractivity contribution is -0.204. The highest BCUT2D eigenvalue weighted by molar-refractivity contribution is 5.82. The molecule has 0 unspecified atom stereocenters. The zero-order chi connectivity index (χ0) is 19.7. The molecular formula is C18H22F3NO4. The second kappa shape index (κ2) is 7.26. The molecule has 1 aromatic carbocycles. The molecule has 144 valence electrons. The smallest absolute Gasteiger partial charge is 0.394 e. The van der Waals surface area contributed by atoms with E-state index in [4.69, 9.17) is 4.74 Å². The van der Waals surface area contributed by atoms with E-state index in [2.05, 4.69) is 10.1 Å². The molecule has 1 fully saturated rings. The maximum atomic E-state index is 13.8. The first-order valence-electron chi connectivity index (χ1n) is 8.14. The summed E-state index contributed by atoms with van der Waals surface area (Å²) in [5.74, 6) is -5.94. The van der Waals surface area contributed by atoms with Crippen LogP contribution in [0.1, 0.15) is 32.4 Å². The Kier molecular flexibility index (Phi) is 5.65. The Balaban J connectivity index is 2.51. The zero-order valence-electron chi connectivity index (χ0n) is 15.0. The quantitative estimate of drug-likeness (QED) is 0.826. The monoisotopic (exact) mass is 373 g/mol. The number of nitrogens with one attached hydrogen (secondary N) is 1. The molecule has 1 heterocycles. The number of carbonyl (C=O) groups excluding carboxylic acids is 2. The first kappa shape index (κ1) is 20.2. The predicted octanol–water partition coefficient (Wildman–Crippen LogP) is 3.01. The van der Waals surface area contributed by atoms with Crippen LogP contribution in [0.2, 0.25) is 0 Å². The van der Waals surface area contributed by atoms with E-state index in [-0.39, 0.29) is 0 Å². The summed E-state index contributed by atoms with van der Waals surface area (Å²) in [5, 5.41) is 2.64. The largest absolute Gasteiger partial charge is 0.468 e. The molecular weight excluding hydrogens is 351 g/mol. The van der Waals surface area contributed by atoms with Crippen molar-refractivity contribution in [2.45, 2.75) is 44.6 Å². The Bertz CT molecular complexity index is 655. The number of alkyl halides is 3. The Hall–Kier alpha value is -2.09. The Morgan fingerprint density at radius 3 is 2.08 bits per heavy atom. The van der Waals surface area contributed by atoms with Crippen LogP contribution >= 0.6 is 0 Å². The summed E-state index contributed by atoms with van der Waals surface area (Å²) in [6, 6.07) is 5.49. The Labute approximate surface area is 149 Å². The predicted molar refractivity (Wildman–Crippen MR) is 87.0 cm³/mol. The SMILES string of the molecule is COC(=O)[C@@H]1N[C@H](c2ccccc2)[C@H](C(=O)OC(C)(C)C)[C@H]1C(F)(F)F. The average Bonchev–Trinajstić information content (AvgIpc) is 2.94. The van der Waals surface area contributed by atoms with Gasteiger partial charge in [-0.2, -0.15) is 13.2 Å². The van der Waals surface area contributed by atoms with E-state index in [1.54, 1.807) is 51.1 Å². The van der Waals surface area contributed by atoms with Crippen LogP contribution in [-0.4, -0.2) is 36.9 Å². The summed E-state index contributed by atoms with van der Waals surface area (Å²) < 4.78 is 51.1. The molecule has 1 N–H and O–H groups in total. The van der Waals surface area contributed by atoms with Gasteiger partial charge in [0.25, 0.3) is 0 Å². The molecule has 1 aliphatic rings. The van der Waals surface area contributed by atoms with E-state index in [0.717, 1.165) is 7.11 Å². The molecule has 26 heavy (non-hydrogen) atoms. The highest BCUT2D eigenvalue weighted by atomic mass is 19.4. The first-order valence-corrected chi connectivity index (χ1v) is 8.14. The van der Waals surface area contributed by atoms with Crippen LogP contribution in [0.3, 0.4) is 0 Å². The van der Waals surface area contributed by atoms with Crippen molar-refractivity contribution in [2.24, 2.45) is 11.8 Å². The number of carbonyl (C=O) groups is 2. The van der Waals surface area contributed by atoms with E-state index in [9.17, 15) is 22.8 Å². The number of hydrogen-bond acceptors (Lipinski definition) is 5. The molecule has 0 amide bonds. The van der Waals surface area contributed by atoms with Gasteiger partial charge in [0.05, 0.1) is 18.9 Å². The van der Waals surface area contributed by atoms with Gasteiger partial charge < -0.3 is 9.47 Å². The summed E-state index contributed by atoms with van der Waals surface area (Å²) in [5.41, 5.74) is -0.498. The van der Waals surface area contributed by atoms with Crippen molar-refractivity contribution in [1.82, 2.24) is 5.32 Å². The lowest BCUT2D eigenvalue weighted by Gasteiger charge is -2.29. The van der Waals surface area contributed by atoms with Crippen LogP contribution in [0.4, 0.5) is 13.2 Å². The van der Waals surface area contributed by atoms with Crippen molar-refractivity contribution < 1.29 is 32.2 Å². The second-order valence-electron chi connectivity index (χ2n) is 7.18. The van der Waals surface area contributed by atoms with Gasteiger partial charge in [0.2, 0.25) is 0 Å². The minimum atomic E-state index is -4.79. The maximum Gasteiger partial charge on any atom is 0.394 e. The van der Waals surface area contributed by atoms with Gasteiger partial charge in [-0.15, -0.1) is 0 Å². The zero-order valence-corrected chi connectivity index (χ0v) is 15.0. The molecule has 8 heteroatoms. The van der Waals surface area contributed by atoms with Gasteiger partial charge in [-0.05, 0) is 26.3 Å². The van der Waals surface area contributed by atoms with Crippen LogP contribution < -0.4 is 5.32 Å². The van der Waals surface area contributed by atoms with E-state index in [1.165, 1.54) is 0 Å². The van der Waals surface area contributed by atoms with Gasteiger partial charge in [0.15, 0.2) is 0 Å². The maximum absolute atomic E-state index is 13.8. The molecule has 0 aliphatic carbocycles. The first-order chi connectivity index (χ1) is 12.0. The van der Waals surface area contributed by atoms with Crippen molar-refractivity contribution in [2.75, 3.05) is 7.11 Å². The molecule has 2 rings (SSSR count). The van der Waals surface area contributed by atoms with Crippen molar-refractivity contribution in [3.05, 3.63) is 35.9 Å². The highest BCUT2D eigenvalue weighted by Crippen LogP contribution is 2.47. The van der Waals surface area contributed by atoms with E-state index < -0.39 is 47.6 Å². The van der Waals surface area contributed by atoms with Crippen molar-refractivity contribution >= 4 is 11.9 Å². The molecule has 0 aromatic heterocycles. The number of esters is 2. The van der Waals surface area contributed by atoms with Crippen LogP contribution in [0, 0.1) is 11.8 Å². The topological polar surface area (TPSA) is 64.6 Å². The molecule has 1 aromatic rings. The molecule has 0 saturated carbocycles. The molecule has 1 saturated heterocycles. The Morgan fingerprint density at radius 1 is 1.04 bits per heavy atom. The van der Waals surface area contributed by atoms with Crippen molar-refractivity contribution in [1.29, 1.82) is 0 Å². The molecule has 0 radical (unpaired) electrons. The third-order valence-electron chi connectivity index (χ3n) is 4.13. The number of rotatable bonds is 3. The van der Waals surface area contributed by atoms with Gasteiger partial charge in [-0.25, -0.2) is 0 Å². The summed E-state index contributed by atoms with van der Waals surface area (Å²) in [4.78, 5) is 24.6. The van der Waals surface area contributed by atoms with Gasteiger partial charge in [0, 0.05) is 6.04 Å². The fourth-order valence-corrected chi connectivity index (χ4v) is 3.17. The van der Waals surface area contributed by atoms with E-state index >= 15 is 0 Å². The van der Waals surface area contributed by atoms with Gasteiger partial charge in [-0.1, -0.05) is 30.3 Å². The van der Waals surface area contributed by atoms with Crippen LogP contribution in [-0.2, 0) is 19.1 Å². The van der Waals surface area contributed by atoms with Crippen molar-refractivity contribution in [3.63, 3.8) is 0 Å². The van der Waals surface area contributed by atoms with Crippen LogP contribution in [0.25, 0.3) is 0 Å². The lowest BCUT2D eigenvalue weighted by Crippen LogP contribution is -2.45. The highest BCUT2D eigenvalue weighted by Gasteiger charge is 2.62. The molecule has 1 aliphatic heterocycles. The number of benzene rings is 1.